The molecule has 0 aliphatic rings. The van der Waals surface area contributed by atoms with Gasteiger partial charge in [-0.3, -0.25) is 0 Å². The van der Waals surface area contributed by atoms with E-state index in [9.17, 15) is 14.6 Å². The topological polar surface area (TPSA) is 58.3 Å². The van der Waals surface area contributed by atoms with Gasteiger partial charge in [0.25, 0.3) is 0 Å². The first-order valence-electron chi connectivity index (χ1n) is 6.27. The van der Waals surface area contributed by atoms with Gasteiger partial charge in [0.2, 0.25) is 0 Å². The molecule has 4 nitrogen and oxygen atoms in total. The van der Waals surface area contributed by atoms with E-state index in [4.69, 9.17) is 0 Å². The van der Waals surface area contributed by atoms with Crippen molar-refractivity contribution in [3.05, 3.63) is 42.2 Å². The van der Waals surface area contributed by atoms with Crippen LogP contribution in [0.2, 0.25) is 0 Å². The Bertz CT molecular complexity index is 776. The zero-order valence-corrected chi connectivity index (χ0v) is 10.8. The van der Waals surface area contributed by atoms with E-state index in [0.29, 0.717) is 29.0 Å². The van der Waals surface area contributed by atoms with Crippen molar-refractivity contribution in [3.63, 3.8) is 0 Å². The number of phenolic OH excluding ortho intramolecular Hbond substituents is 2. The van der Waals surface area contributed by atoms with E-state index in [1.54, 1.807) is 6.07 Å². The minimum Gasteiger partial charge on any atom is -0.508 e. The van der Waals surface area contributed by atoms with E-state index < -0.39 is 0 Å². The number of rotatable bonds is 2. The Morgan fingerprint density at radius 2 is 1.80 bits per heavy atom. The highest BCUT2D eigenvalue weighted by Crippen LogP contribution is 2.30. The molecule has 0 aliphatic heterocycles. The van der Waals surface area contributed by atoms with E-state index in [0.717, 1.165) is 0 Å². The molecule has 20 heavy (non-hydrogen) atoms. The summed E-state index contributed by atoms with van der Waals surface area (Å²) in [6.07, 6.45) is 0. The predicted molar refractivity (Wildman–Crippen MR) is 74.1 cm³/mol. The van der Waals surface area contributed by atoms with Gasteiger partial charge in [0.15, 0.2) is 0 Å². The highest BCUT2D eigenvalue weighted by atomic mass is 19.1. The normalized spacial score (nSPS) is 11.1. The standard InChI is InChI=1S/C15H13FN2O2/c1-2-18-14-7-10(16)3-4-13(14)17-15(18)9-5-11(19)8-12(20)6-9/h3-8,19-20H,2H2,1H3. The van der Waals surface area contributed by atoms with Crippen molar-refractivity contribution < 1.29 is 14.6 Å². The summed E-state index contributed by atoms with van der Waals surface area (Å²) in [4.78, 5) is 4.45. The molecule has 3 aromatic rings. The number of aromatic nitrogens is 2. The first-order chi connectivity index (χ1) is 9.58. The van der Waals surface area contributed by atoms with Gasteiger partial charge < -0.3 is 14.8 Å². The highest BCUT2D eigenvalue weighted by molar-refractivity contribution is 5.81. The van der Waals surface area contributed by atoms with E-state index in [2.05, 4.69) is 4.98 Å². The van der Waals surface area contributed by atoms with Gasteiger partial charge in [-0.05, 0) is 37.3 Å². The van der Waals surface area contributed by atoms with Gasteiger partial charge in [-0.1, -0.05) is 0 Å². The molecule has 3 rings (SSSR count). The van der Waals surface area contributed by atoms with Gasteiger partial charge in [0, 0.05) is 18.2 Å². The molecule has 0 amide bonds. The van der Waals surface area contributed by atoms with Crippen LogP contribution in [0.5, 0.6) is 11.5 Å². The molecule has 0 bridgehead atoms. The van der Waals surface area contributed by atoms with Gasteiger partial charge in [-0.15, -0.1) is 0 Å². The SMILES string of the molecule is CCn1c(-c2cc(O)cc(O)c2)nc2ccc(F)cc21. The van der Waals surface area contributed by atoms with Gasteiger partial charge >= 0.3 is 0 Å². The maximum atomic E-state index is 13.4. The minimum atomic E-state index is -0.322. The van der Waals surface area contributed by atoms with Gasteiger partial charge in [-0.25, -0.2) is 9.37 Å². The molecule has 0 saturated carbocycles. The van der Waals surface area contributed by atoms with Crippen LogP contribution in [0.15, 0.2) is 36.4 Å². The van der Waals surface area contributed by atoms with Crippen molar-refractivity contribution in [1.29, 1.82) is 0 Å². The largest absolute Gasteiger partial charge is 0.508 e. The second-order valence-electron chi connectivity index (χ2n) is 4.55. The predicted octanol–water partition coefficient (Wildman–Crippen LogP) is 3.27. The molecule has 2 N–H and O–H groups in total. The van der Waals surface area contributed by atoms with Crippen LogP contribution in [0.4, 0.5) is 4.39 Å². The third kappa shape index (κ3) is 1.97. The number of halogens is 1. The van der Waals surface area contributed by atoms with Gasteiger partial charge in [0.1, 0.15) is 23.1 Å². The average molecular weight is 272 g/mol. The molecule has 1 heterocycles. The number of hydrogen-bond acceptors (Lipinski definition) is 3. The first-order valence-corrected chi connectivity index (χ1v) is 6.27. The maximum Gasteiger partial charge on any atom is 0.141 e. The summed E-state index contributed by atoms with van der Waals surface area (Å²) in [5.74, 6) is 0.179. The molecule has 1 aromatic heterocycles. The van der Waals surface area contributed by atoms with E-state index in [-0.39, 0.29) is 17.3 Å². The molecule has 102 valence electrons. The smallest absolute Gasteiger partial charge is 0.141 e. The van der Waals surface area contributed by atoms with Gasteiger partial charge in [-0.2, -0.15) is 0 Å². The summed E-state index contributed by atoms with van der Waals surface area (Å²) in [5, 5.41) is 19.2. The number of hydrogen-bond donors (Lipinski definition) is 2. The second-order valence-corrected chi connectivity index (χ2v) is 4.55. The lowest BCUT2D eigenvalue weighted by molar-refractivity contribution is 0.451. The number of nitrogens with zero attached hydrogens (tertiary/aromatic N) is 2. The maximum absolute atomic E-state index is 13.4. The van der Waals surface area contributed by atoms with Crippen LogP contribution in [-0.4, -0.2) is 19.8 Å². The van der Waals surface area contributed by atoms with E-state index >= 15 is 0 Å². The van der Waals surface area contributed by atoms with Crippen LogP contribution in [0.25, 0.3) is 22.4 Å². The lowest BCUT2D eigenvalue weighted by Crippen LogP contribution is -1.97. The Morgan fingerprint density at radius 3 is 2.45 bits per heavy atom. The Balaban J connectivity index is 2.30. The molecule has 0 radical (unpaired) electrons. The molecule has 0 spiro atoms. The zero-order chi connectivity index (χ0) is 14.3. The highest BCUT2D eigenvalue weighted by Gasteiger charge is 2.13. The molecule has 0 fully saturated rings. The van der Waals surface area contributed by atoms with Crippen LogP contribution in [0.1, 0.15) is 6.92 Å². The fourth-order valence-electron chi connectivity index (χ4n) is 2.36. The Hall–Kier alpha value is -2.56. The zero-order valence-electron chi connectivity index (χ0n) is 10.8. The Kier molecular flexibility index (Phi) is 2.82. The van der Waals surface area contributed by atoms with Crippen molar-refractivity contribution in [2.75, 3.05) is 0 Å². The summed E-state index contributed by atoms with van der Waals surface area (Å²) in [5.41, 5.74) is 1.94. The van der Waals surface area contributed by atoms with E-state index in [1.807, 2.05) is 11.5 Å². The second kappa shape index (κ2) is 4.52. The molecule has 0 aliphatic carbocycles. The summed E-state index contributed by atoms with van der Waals surface area (Å²) < 4.78 is 15.2. The average Bonchev–Trinajstić information content (AvgIpc) is 2.75. The van der Waals surface area contributed by atoms with Crippen molar-refractivity contribution in [1.82, 2.24) is 9.55 Å². The number of aromatic hydroxyl groups is 2. The van der Waals surface area contributed by atoms with Crippen LogP contribution in [0.3, 0.4) is 0 Å². The van der Waals surface area contributed by atoms with Crippen molar-refractivity contribution >= 4 is 11.0 Å². The third-order valence-electron chi connectivity index (χ3n) is 3.19. The molecular weight excluding hydrogens is 259 g/mol. The summed E-state index contributed by atoms with van der Waals surface area (Å²) in [6, 6.07) is 8.69. The molecule has 0 saturated heterocycles. The molecule has 2 aromatic carbocycles. The number of aryl methyl sites for hydroxylation is 1. The number of fused-ring (bicyclic) bond motifs is 1. The quantitative estimate of drug-likeness (QED) is 0.752. The number of benzene rings is 2. The van der Waals surface area contributed by atoms with Crippen molar-refractivity contribution in [2.24, 2.45) is 0 Å². The van der Waals surface area contributed by atoms with Crippen molar-refractivity contribution in [2.45, 2.75) is 13.5 Å². The fourth-order valence-corrected chi connectivity index (χ4v) is 2.36. The minimum absolute atomic E-state index is 0.0408. The molecule has 5 heteroatoms. The van der Waals surface area contributed by atoms with Crippen LogP contribution in [0, 0.1) is 5.82 Å². The summed E-state index contributed by atoms with van der Waals surface area (Å²) in [7, 11) is 0. The fraction of sp³-hybridized carbons (Fsp3) is 0.133. The lowest BCUT2D eigenvalue weighted by atomic mass is 10.2. The Morgan fingerprint density at radius 1 is 1.10 bits per heavy atom. The van der Waals surface area contributed by atoms with Crippen LogP contribution < -0.4 is 0 Å². The number of imidazole rings is 1. The molecule has 0 atom stereocenters. The lowest BCUT2D eigenvalue weighted by Gasteiger charge is -2.07. The van der Waals surface area contributed by atoms with Gasteiger partial charge in [0.05, 0.1) is 11.0 Å². The monoisotopic (exact) mass is 272 g/mol. The third-order valence-corrected chi connectivity index (χ3v) is 3.19. The van der Waals surface area contributed by atoms with Crippen LogP contribution >= 0.6 is 0 Å². The van der Waals surface area contributed by atoms with Crippen LogP contribution in [-0.2, 0) is 6.54 Å². The van der Waals surface area contributed by atoms with E-state index in [1.165, 1.54) is 30.3 Å². The first kappa shape index (κ1) is 12.5. The molecular formula is C15H13FN2O2. The van der Waals surface area contributed by atoms with Crippen molar-refractivity contribution in [3.8, 4) is 22.9 Å². The summed E-state index contributed by atoms with van der Waals surface area (Å²) in [6.45, 7) is 2.53. The Labute approximate surface area is 114 Å². The molecule has 0 unspecified atom stereocenters. The summed E-state index contributed by atoms with van der Waals surface area (Å²) >= 11 is 0. The number of phenols is 2.